The van der Waals surface area contributed by atoms with Crippen LogP contribution in [-0.4, -0.2) is 35.2 Å². The first kappa shape index (κ1) is 8.52. The molecule has 70 valence electrons. The smallest absolute Gasteiger partial charge is 0.0679 e. The van der Waals surface area contributed by atoms with Crippen molar-refractivity contribution in [3.05, 3.63) is 0 Å². The summed E-state index contributed by atoms with van der Waals surface area (Å²) in [6.45, 7) is 4.35. The molecule has 0 aromatic rings. The molecule has 2 aliphatic rings. The van der Waals surface area contributed by atoms with Crippen LogP contribution in [0.25, 0.3) is 0 Å². The number of β-amino-alcohol motifs (C(OH)–C–C–N with tert-alkyl or cyclic N) is 1. The number of likely N-dealkylation sites (tertiary alicyclic amines) is 1. The lowest BCUT2D eigenvalue weighted by Crippen LogP contribution is -2.40. The largest absolute Gasteiger partial charge is 0.392 e. The normalized spacial score (nSPS) is 35.0. The number of aliphatic hydroxyl groups is 1. The third-order valence-electron chi connectivity index (χ3n) is 3.60. The Morgan fingerprint density at radius 1 is 1.33 bits per heavy atom. The fourth-order valence-electron chi connectivity index (χ4n) is 2.36. The highest BCUT2D eigenvalue weighted by Crippen LogP contribution is 2.33. The van der Waals surface area contributed by atoms with Gasteiger partial charge in [-0.25, -0.2) is 0 Å². The molecule has 2 fully saturated rings. The molecule has 0 radical (unpaired) electrons. The molecule has 1 heterocycles. The molecule has 0 spiro atoms. The molecule has 0 aromatic carbocycles. The van der Waals surface area contributed by atoms with Gasteiger partial charge in [0.15, 0.2) is 0 Å². The molecule has 0 amide bonds. The van der Waals surface area contributed by atoms with Gasteiger partial charge in [0.1, 0.15) is 0 Å². The zero-order valence-electron chi connectivity index (χ0n) is 7.87. The van der Waals surface area contributed by atoms with E-state index in [1.54, 1.807) is 0 Å². The molecule has 1 aliphatic carbocycles. The Bertz CT molecular complexity index is 156. The van der Waals surface area contributed by atoms with E-state index in [1.807, 2.05) is 0 Å². The second-order valence-corrected chi connectivity index (χ2v) is 4.37. The number of hydrogen-bond acceptors (Lipinski definition) is 2. The van der Waals surface area contributed by atoms with Gasteiger partial charge in [0, 0.05) is 19.1 Å². The summed E-state index contributed by atoms with van der Waals surface area (Å²) in [5, 5.41) is 9.38. The van der Waals surface area contributed by atoms with E-state index in [1.165, 1.54) is 19.3 Å². The van der Waals surface area contributed by atoms with Crippen LogP contribution >= 0.6 is 0 Å². The van der Waals surface area contributed by atoms with E-state index in [2.05, 4.69) is 11.8 Å². The van der Waals surface area contributed by atoms with Crippen molar-refractivity contribution < 1.29 is 5.11 Å². The third kappa shape index (κ3) is 1.50. The maximum Gasteiger partial charge on any atom is 0.0679 e. The quantitative estimate of drug-likeness (QED) is 0.672. The maximum absolute atomic E-state index is 9.38. The van der Waals surface area contributed by atoms with Gasteiger partial charge in [0.05, 0.1) is 6.10 Å². The molecule has 2 atom stereocenters. The molecule has 2 heteroatoms. The summed E-state index contributed by atoms with van der Waals surface area (Å²) in [4.78, 5) is 2.45. The predicted molar refractivity (Wildman–Crippen MR) is 49.0 cm³/mol. The lowest BCUT2D eigenvalue weighted by atomic mass is 9.80. The van der Waals surface area contributed by atoms with E-state index in [-0.39, 0.29) is 6.10 Å². The van der Waals surface area contributed by atoms with Gasteiger partial charge < -0.3 is 5.11 Å². The average Bonchev–Trinajstić information content (AvgIpc) is 2.31. The third-order valence-corrected chi connectivity index (χ3v) is 3.60. The zero-order valence-corrected chi connectivity index (χ0v) is 7.87. The van der Waals surface area contributed by atoms with Crippen LogP contribution in [0.5, 0.6) is 0 Å². The van der Waals surface area contributed by atoms with E-state index >= 15 is 0 Å². The Hall–Kier alpha value is -0.0800. The van der Waals surface area contributed by atoms with Crippen LogP contribution in [0.1, 0.15) is 32.6 Å². The minimum atomic E-state index is -0.0486. The summed E-state index contributed by atoms with van der Waals surface area (Å²) in [5.74, 6) is 0.926. The Morgan fingerprint density at radius 3 is 2.50 bits per heavy atom. The minimum absolute atomic E-state index is 0.0486. The van der Waals surface area contributed by atoms with Crippen molar-refractivity contribution in [2.45, 2.75) is 44.8 Å². The lowest BCUT2D eigenvalue weighted by molar-refractivity contribution is 0.109. The van der Waals surface area contributed by atoms with E-state index in [0.717, 1.165) is 31.5 Å². The standard InChI is InChI=1S/C10H19NO/c1-8(9-3-2-4-9)11-6-5-10(12)7-11/h8-10,12H,2-7H2,1H3. The van der Waals surface area contributed by atoms with E-state index < -0.39 is 0 Å². The van der Waals surface area contributed by atoms with Gasteiger partial charge in [-0.05, 0) is 32.1 Å². The van der Waals surface area contributed by atoms with Gasteiger partial charge >= 0.3 is 0 Å². The Balaban J connectivity index is 1.83. The Kier molecular flexibility index (Phi) is 2.37. The molecule has 2 nitrogen and oxygen atoms in total. The molecule has 1 N–H and O–H groups in total. The molecule has 1 saturated heterocycles. The monoisotopic (exact) mass is 169 g/mol. The van der Waals surface area contributed by atoms with Crippen LogP contribution in [-0.2, 0) is 0 Å². The van der Waals surface area contributed by atoms with Crippen molar-refractivity contribution in [2.24, 2.45) is 5.92 Å². The fourth-order valence-corrected chi connectivity index (χ4v) is 2.36. The molecule has 1 saturated carbocycles. The first-order chi connectivity index (χ1) is 5.77. The SMILES string of the molecule is CC(C1CCC1)N1CCC(O)C1. The summed E-state index contributed by atoms with van der Waals surface area (Å²) in [7, 11) is 0. The van der Waals surface area contributed by atoms with Crippen LogP contribution in [0.4, 0.5) is 0 Å². The zero-order chi connectivity index (χ0) is 8.55. The van der Waals surface area contributed by atoms with Crippen molar-refractivity contribution in [1.82, 2.24) is 4.90 Å². The molecule has 2 unspecified atom stereocenters. The number of hydrogen-bond donors (Lipinski definition) is 1. The van der Waals surface area contributed by atoms with Gasteiger partial charge in [0.25, 0.3) is 0 Å². The molecule has 12 heavy (non-hydrogen) atoms. The van der Waals surface area contributed by atoms with Crippen molar-refractivity contribution in [3.8, 4) is 0 Å². The number of rotatable bonds is 2. The summed E-state index contributed by atoms with van der Waals surface area (Å²) in [5.41, 5.74) is 0. The van der Waals surface area contributed by atoms with E-state index in [9.17, 15) is 5.11 Å². The van der Waals surface area contributed by atoms with Crippen LogP contribution in [0.3, 0.4) is 0 Å². The van der Waals surface area contributed by atoms with Gasteiger partial charge in [-0.1, -0.05) is 6.42 Å². The molecular formula is C10H19NO. The summed E-state index contributed by atoms with van der Waals surface area (Å²) < 4.78 is 0. The summed E-state index contributed by atoms with van der Waals surface area (Å²) in [6.07, 6.45) is 5.18. The van der Waals surface area contributed by atoms with Crippen LogP contribution < -0.4 is 0 Å². The Morgan fingerprint density at radius 2 is 2.08 bits per heavy atom. The highest BCUT2D eigenvalue weighted by atomic mass is 16.3. The van der Waals surface area contributed by atoms with Crippen LogP contribution in [0.2, 0.25) is 0 Å². The molecule has 2 rings (SSSR count). The van der Waals surface area contributed by atoms with Crippen molar-refractivity contribution in [2.75, 3.05) is 13.1 Å². The number of nitrogens with zero attached hydrogens (tertiary/aromatic N) is 1. The summed E-state index contributed by atoms with van der Waals surface area (Å²) in [6, 6.07) is 0.718. The van der Waals surface area contributed by atoms with Crippen molar-refractivity contribution in [3.63, 3.8) is 0 Å². The number of aliphatic hydroxyl groups excluding tert-OH is 1. The fraction of sp³-hybridized carbons (Fsp3) is 1.00. The minimum Gasteiger partial charge on any atom is -0.392 e. The highest BCUT2D eigenvalue weighted by Gasteiger charge is 2.31. The highest BCUT2D eigenvalue weighted by molar-refractivity contribution is 4.86. The van der Waals surface area contributed by atoms with Crippen molar-refractivity contribution >= 4 is 0 Å². The molecule has 0 bridgehead atoms. The van der Waals surface area contributed by atoms with E-state index in [0.29, 0.717) is 0 Å². The van der Waals surface area contributed by atoms with Crippen LogP contribution in [0.15, 0.2) is 0 Å². The first-order valence-corrected chi connectivity index (χ1v) is 5.19. The molecule has 0 aromatic heterocycles. The van der Waals surface area contributed by atoms with Gasteiger partial charge in [-0.15, -0.1) is 0 Å². The maximum atomic E-state index is 9.38. The van der Waals surface area contributed by atoms with Gasteiger partial charge in [-0.3, -0.25) is 4.90 Å². The van der Waals surface area contributed by atoms with Crippen molar-refractivity contribution in [1.29, 1.82) is 0 Å². The van der Waals surface area contributed by atoms with Crippen LogP contribution in [0, 0.1) is 5.92 Å². The summed E-state index contributed by atoms with van der Waals surface area (Å²) >= 11 is 0. The molecular weight excluding hydrogens is 150 g/mol. The Labute approximate surface area is 74.6 Å². The average molecular weight is 169 g/mol. The topological polar surface area (TPSA) is 23.5 Å². The molecule has 1 aliphatic heterocycles. The second kappa shape index (κ2) is 3.35. The predicted octanol–water partition coefficient (Wildman–Crippen LogP) is 1.24. The van der Waals surface area contributed by atoms with E-state index in [4.69, 9.17) is 0 Å². The first-order valence-electron chi connectivity index (χ1n) is 5.19. The second-order valence-electron chi connectivity index (χ2n) is 4.37. The lowest BCUT2D eigenvalue weighted by Gasteiger charge is -2.37. The van der Waals surface area contributed by atoms with Gasteiger partial charge in [0.2, 0.25) is 0 Å². The van der Waals surface area contributed by atoms with Gasteiger partial charge in [-0.2, -0.15) is 0 Å².